The van der Waals surface area contributed by atoms with Crippen molar-refractivity contribution in [3.63, 3.8) is 0 Å². The van der Waals surface area contributed by atoms with E-state index in [-0.39, 0.29) is 17.7 Å². The predicted molar refractivity (Wildman–Crippen MR) is 103 cm³/mol. The number of terminal acetylenes is 1. The second-order valence-electron chi connectivity index (χ2n) is 7.43. The van der Waals surface area contributed by atoms with Crippen molar-refractivity contribution in [3.8, 4) is 12.3 Å². The zero-order valence-electron chi connectivity index (χ0n) is 16.1. The van der Waals surface area contributed by atoms with Crippen LogP contribution in [0.25, 0.3) is 0 Å². The van der Waals surface area contributed by atoms with Crippen LogP contribution in [-0.4, -0.2) is 57.8 Å². The first kappa shape index (κ1) is 19.3. The maximum atomic E-state index is 13.0. The van der Waals surface area contributed by atoms with E-state index in [0.717, 1.165) is 44.5 Å². The van der Waals surface area contributed by atoms with Gasteiger partial charge >= 0.3 is 0 Å². The van der Waals surface area contributed by atoms with Gasteiger partial charge in [0.1, 0.15) is 5.82 Å². The number of hydrogen-bond acceptors (Lipinski definition) is 4. The number of piperidine rings is 2. The second kappa shape index (κ2) is 8.98. The van der Waals surface area contributed by atoms with Gasteiger partial charge < -0.3 is 9.80 Å². The average Bonchev–Trinajstić information content (AvgIpc) is 2.72. The summed E-state index contributed by atoms with van der Waals surface area (Å²) in [5, 5.41) is 0. The zero-order chi connectivity index (χ0) is 19.2. The number of nitrogens with zero attached hydrogens (tertiary/aromatic N) is 4. The van der Waals surface area contributed by atoms with Gasteiger partial charge in [0.15, 0.2) is 0 Å². The van der Waals surface area contributed by atoms with Crippen molar-refractivity contribution in [1.82, 2.24) is 19.8 Å². The monoisotopic (exact) mass is 368 g/mol. The molecule has 0 aliphatic carbocycles. The van der Waals surface area contributed by atoms with Crippen LogP contribution in [-0.2, 0) is 4.79 Å². The van der Waals surface area contributed by atoms with E-state index in [9.17, 15) is 9.59 Å². The van der Waals surface area contributed by atoms with Crippen molar-refractivity contribution in [1.29, 1.82) is 0 Å². The molecule has 6 heteroatoms. The number of carbonyl (C=O) groups is 2. The molecule has 144 valence electrons. The highest BCUT2D eigenvalue weighted by Crippen LogP contribution is 2.30. The molecule has 0 saturated carbocycles. The number of carbonyl (C=O) groups excluding carboxylic acids is 2. The summed E-state index contributed by atoms with van der Waals surface area (Å²) >= 11 is 0. The molecular formula is C21H28N4O2. The molecule has 3 rings (SSSR count). The standard InChI is InChI=1S/C21H28N4O2/c1-3-4-8-19(26)24-13-9-17(10-14-24)20-18(15-22-16(2)23-20)21(27)25-11-6-5-7-12-25/h1,15,17H,4-14H2,2H3. The summed E-state index contributed by atoms with van der Waals surface area (Å²) in [7, 11) is 0. The Morgan fingerprint density at radius 2 is 1.85 bits per heavy atom. The number of amides is 2. The molecule has 0 atom stereocenters. The van der Waals surface area contributed by atoms with Crippen LogP contribution in [0.1, 0.15) is 72.7 Å². The quantitative estimate of drug-likeness (QED) is 0.766. The Morgan fingerprint density at radius 1 is 1.15 bits per heavy atom. The Balaban J connectivity index is 1.71. The molecule has 6 nitrogen and oxygen atoms in total. The number of aromatic nitrogens is 2. The molecule has 2 amide bonds. The lowest BCUT2D eigenvalue weighted by Gasteiger charge is -2.33. The van der Waals surface area contributed by atoms with Crippen molar-refractivity contribution < 1.29 is 9.59 Å². The van der Waals surface area contributed by atoms with Gasteiger partial charge in [-0.2, -0.15) is 0 Å². The SMILES string of the molecule is C#CCCC(=O)N1CCC(c2nc(C)ncc2C(=O)N2CCCCC2)CC1. The van der Waals surface area contributed by atoms with Gasteiger partial charge in [0.2, 0.25) is 5.91 Å². The van der Waals surface area contributed by atoms with Crippen LogP contribution in [0.15, 0.2) is 6.20 Å². The van der Waals surface area contributed by atoms with E-state index in [1.54, 1.807) is 6.20 Å². The summed E-state index contributed by atoms with van der Waals surface area (Å²) < 4.78 is 0. The third-order valence-electron chi connectivity index (χ3n) is 5.53. The Bertz CT molecular complexity index is 726. The zero-order valence-corrected chi connectivity index (χ0v) is 16.1. The van der Waals surface area contributed by atoms with Gasteiger partial charge in [-0.1, -0.05) is 0 Å². The highest BCUT2D eigenvalue weighted by Gasteiger charge is 2.29. The van der Waals surface area contributed by atoms with Gasteiger partial charge in [-0.3, -0.25) is 9.59 Å². The molecule has 2 saturated heterocycles. The molecule has 0 unspecified atom stereocenters. The van der Waals surface area contributed by atoms with Crippen molar-refractivity contribution in [2.45, 2.75) is 57.8 Å². The molecule has 2 fully saturated rings. The highest BCUT2D eigenvalue weighted by molar-refractivity contribution is 5.95. The van der Waals surface area contributed by atoms with E-state index >= 15 is 0 Å². The van der Waals surface area contributed by atoms with Crippen LogP contribution in [0, 0.1) is 19.3 Å². The normalized spacial score (nSPS) is 18.2. The van der Waals surface area contributed by atoms with Crippen LogP contribution in [0.4, 0.5) is 0 Å². The molecule has 0 radical (unpaired) electrons. The number of hydrogen-bond donors (Lipinski definition) is 0. The van der Waals surface area contributed by atoms with Gasteiger partial charge in [-0.05, 0) is 39.0 Å². The second-order valence-corrected chi connectivity index (χ2v) is 7.43. The minimum Gasteiger partial charge on any atom is -0.343 e. The van der Waals surface area contributed by atoms with Crippen molar-refractivity contribution in [3.05, 3.63) is 23.3 Å². The molecule has 27 heavy (non-hydrogen) atoms. The Morgan fingerprint density at radius 3 is 2.52 bits per heavy atom. The van der Waals surface area contributed by atoms with E-state index in [2.05, 4.69) is 15.9 Å². The lowest BCUT2D eigenvalue weighted by Crippen LogP contribution is -2.39. The van der Waals surface area contributed by atoms with Gasteiger partial charge in [-0.25, -0.2) is 9.97 Å². The Labute approximate surface area is 161 Å². The number of likely N-dealkylation sites (tertiary alicyclic amines) is 2. The van der Waals surface area contributed by atoms with Crippen molar-refractivity contribution in [2.75, 3.05) is 26.2 Å². The van der Waals surface area contributed by atoms with E-state index in [0.29, 0.717) is 37.3 Å². The maximum absolute atomic E-state index is 13.0. The summed E-state index contributed by atoms with van der Waals surface area (Å²) in [4.78, 5) is 37.9. The molecule has 3 heterocycles. The fourth-order valence-electron chi connectivity index (χ4n) is 3.97. The third-order valence-corrected chi connectivity index (χ3v) is 5.53. The molecule has 1 aromatic rings. The van der Waals surface area contributed by atoms with Crippen LogP contribution in [0.3, 0.4) is 0 Å². The topological polar surface area (TPSA) is 66.4 Å². The number of rotatable bonds is 4. The summed E-state index contributed by atoms with van der Waals surface area (Å²) in [5.41, 5.74) is 1.49. The van der Waals surface area contributed by atoms with Crippen LogP contribution >= 0.6 is 0 Å². The first-order chi connectivity index (χ1) is 13.1. The molecule has 0 aromatic carbocycles. The predicted octanol–water partition coefficient (Wildman–Crippen LogP) is 2.53. The number of aryl methyl sites for hydroxylation is 1. The van der Waals surface area contributed by atoms with Crippen LogP contribution in [0.2, 0.25) is 0 Å². The van der Waals surface area contributed by atoms with Crippen LogP contribution < -0.4 is 0 Å². The third kappa shape index (κ3) is 4.65. The molecule has 0 spiro atoms. The van der Waals surface area contributed by atoms with E-state index < -0.39 is 0 Å². The fraction of sp³-hybridized carbons (Fsp3) is 0.619. The smallest absolute Gasteiger partial charge is 0.257 e. The van der Waals surface area contributed by atoms with Crippen LogP contribution in [0.5, 0.6) is 0 Å². The van der Waals surface area contributed by atoms with Gasteiger partial charge in [0.25, 0.3) is 5.91 Å². The Hall–Kier alpha value is -2.42. The molecule has 1 aromatic heterocycles. The first-order valence-corrected chi connectivity index (χ1v) is 9.94. The van der Waals surface area contributed by atoms with E-state index in [1.807, 2.05) is 16.7 Å². The molecule has 2 aliphatic rings. The van der Waals surface area contributed by atoms with Gasteiger partial charge in [0, 0.05) is 51.1 Å². The first-order valence-electron chi connectivity index (χ1n) is 9.94. The molecular weight excluding hydrogens is 340 g/mol. The fourth-order valence-corrected chi connectivity index (χ4v) is 3.97. The van der Waals surface area contributed by atoms with E-state index in [4.69, 9.17) is 6.42 Å². The summed E-state index contributed by atoms with van der Waals surface area (Å²) in [6.45, 7) is 4.86. The minimum absolute atomic E-state index is 0.0530. The summed E-state index contributed by atoms with van der Waals surface area (Å²) in [6.07, 6.45) is 12.8. The Kier molecular flexibility index (Phi) is 6.44. The average molecular weight is 368 g/mol. The summed E-state index contributed by atoms with van der Waals surface area (Å²) in [6, 6.07) is 0. The van der Waals surface area contributed by atoms with E-state index in [1.165, 1.54) is 6.42 Å². The van der Waals surface area contributed by atoms with Crippen molar-refractivity contribution in [2.24, 2.45) is 0 Å². The van der Waals surface area contributed by atoms with Gasteiger partial charge in [-0.15, -0.1) is 12.3 Å². The highest BCUT2D eigenvalue weighted by atomic mass is 16.2. The largest absolute Gasteiger partial charge is 0.343 e. The summed E-state index contributed by atoms with van der Waals surface area (Å²) in [5.74, 6) is 3.57. The lowest BCUT2D eigenvalue weighted by molar-refractivity contribution is -0.132. The molecule has 0 N–H and O–H groups in total. The molecule has 2 aliphatic heterocycles. The molecule has 0 bridgehead atoms. The maximum Gasteiger partial charge on any atom is 0.257 e. The van der Waals surface area contributed by atoms with Gasteiger partial charge in [0.05, 0.1) is 11.3 Å². The lowest BCUT2D eigenvalue weighted by atomic mass is 9.90. The minimum atomic E-state index is 0.0530. The van der Waals surface area contributed by atoms with Crippen molar-refractivity contribution >= 4 is 11.8 Å².